The van der Waals surface area contributed by atoms with E-state index in [1.807, 2.05) is 36.6 Å². The van der Waals surface area contributed by atoms with Gasteiger partial charge < -0.3 is 5.32 Å². The molecule has 0 aliphatic rings. The number of hydrogen-bond acceptors (Lipinski definition) is 2. The van der Waals surface area contributed by atoms with Crippen molar-refractivity contribution in [1.82, 2.24) is 5.32 Å². The maximum Gasteiger partial charge on any atom is 0.216 e. The minimum Gasteiger partial charge on any atom is -0.303 e. The molecule has 0 saturated carbocycles. The molecule has 0 heterocycles. The highest BCUT2D eigenvalue weighted by molar-refractivity contribution is 5.58. The van der Waals surface area contributed by atoms with Crippen LogP contribution in [0.2, 0.25) is 0 Å². The van der Waals surface area contributed by atoms with E-state index < -0.39 is 0 Å². The lowest BCUT2D eigenvalue weighted by Gasteiger charge is -2.13. The molecule has 2 nitrogen and oxygen atoms in total. The van der Waals surface area contributed by atoms with Gasteiger partial charge in [0.15, 0.2) is 0 Å². The first-order chi connectivity index (χ1) is 7.22. The normalized spacial score (nSPS) is 12.7. The van der Waals surface area contributed by atoms with E-state index in [1.165, 1.54) is 5.56 Å². The third kappa shape index (κ3) is 4.75. The van der Waals surface area contributed by atoms with Gasteiger partial charge in [-0.1, -0.05) is 44.2 Å². The highest BCUT2D eigenvalue weighted by Gasteiger charge is 2.09. The third-order valence-electron chi connectivity index (χ3n) is 2.24. The topological polar surface area (TPSA) is 29.1 Å². The molecule has 0 aliphatic heterocycles. The standard InChI is InChI=1S/C13H18NO/c1-11(2)8-13(10-15)14-9-12-6-4-3-5-7-12/h3-7,11,13-14H,8-9H2,1-2H3. The molecule has 15 heavy (non-hydrogen) atoms. The fraction of sp³-hybridized carbons (Fsp3) is 0.462. The first kappa shape index (κ1) is 11.9. The molecule has 0 bridgehead atoms. The summed E-state index contributed by atoms with van der Waals surface area (Å²) in [5.74, 6) is 0.514. The molecule has 1 atom stereocenters. The number of nitrogens with one attached hydrogen (secondary N) is 1. The number of carbonyl (C=O) groups excluding carboxylic acids is 1. The quantitative estimate of drug-likeness (QED) is 0.770. The summed E-state index contributed by atoms with van der Waals surface area (Å²) in [4.78, 5) is 10.7. The van der Waals surface area contributed by atoms with Gasteiger partial charge in [-0.05, 0) is 17.9 Å². The van der Waals surface area contributed by atoms with E-state index in [9.17, 15) is 4.79 Å². The predicted octanol–water partition coefficient (Wildman–Crippen LogP) is 2.30. The number of benzene rings is 1. The Labute approximate surface area is 91.7 Å². The maximum absolute atomic E-state index is 10.7. The summed E-state index contributed by atoms with van der Waals surface area (Å²) in [6, 6.07) is 9.93. The minimum atomic E-state index is -0.148. The van der Waals surface area contributed by atoms with Crippen molar-refractivity contribution in [3.8, 4) is 0 Å². The average Bonchev–Trinajstić information content (AvgIpc) is 2.25. The fourth-order valence-corrected chi connectivity index (χ4v) is 1.48. The third-order valence-corrected chi connectivity index (χ3v) is 2.24. The van der Waals surface area contributed by atoms with Gasteiger partial charge in [-0.15, -0.1) is 0 Å². The molecule has 0 spiro atoms. The van der Waals surface area contributed by atoms with Gasteiger partial charge in [0.25, 0.3) is 0 Å². The molecule has 1 N–H and O–H groups in total. The Morgan fingerprint density at radius 2 is 1.93 bits per heavy atom. The van der Waals surface area contributed by atoms with Crippen molar-refractivity contribution in [3.05, 3.63) is 35.9 Å². The molecule has 1 aromatic rings. The van der Waals surface area contributed by atoms with Crippen molar-refractivity contribution in [3.63, 3.8) is 0 Å². The molecule has 0 saturated heterocycles. The van der Waals surface area contributed by atoms with Gasteiger partial charge >= 0.3 is 0 Å². The van der Waals surface area contributed by atoms with E-state index in [4.69, 9.17) is 0 Å². The molecule has 0 amide bonds. The summed E-state index contributed by atoms with van der Waals surface area (Å²) >= 11 is 0. The van der Waals surface area contributed by atoms with Crippen LogP contribution in [0.1, 0.15) is 25.8 Å². The van der Waals surface area contributed by atoms with Gasteiger partial charge in [-0.2, -0.15) is 0 Å². The second-order valence-electron chi connectivity index (χ2n) is 4.17. The van der Waals surface area contributed by atoms with E-state index >= 15 is 0 Å². The van der Waals surface area contributed by atoms with Crippen LogP contribution in [0.4, 0.5) is 0 Å². The van der Waals surface area contributed by atoms with E-state index in [2.05, 4.69) is 19.2 Å². The minimum absolute atomic E-state index is 0.148. The van der Waals surface area contributed by atoms with Crippen LogP contribution in [0, 0.1) is 5.92 Å². The molecule has 0 aromatic heterocycles. The van der Waals surface area contributed by atoms with Crippen molar-refractivity contribution in [2.45, 2.75) is 32.9 Å². The summed E-state index contributed by atoms with van der Waals surface area (Å²) in [6.45, 7) is 4.94. The van der Waals surface area contributed by atoms with Gasteiger partial charge in [-0.3, -0.25) is 4.79 Å². The summed E-state index contributed by atoms with van der Waals surface area (Å²) in [7, 11) is 0. The Balaban J connectivity index is 2.38. The highest BCUT2D eigenvalue weighted by atomic mass is 16.1. The van der Waals surface area contributed by atoms with Crippen molar-refractivity contribution in [1.29, 1.82) is 0 Å². The van der Waals surface area contributed by atoms with E-state index in [1.54, 1.807) is 0 Å². The molecule has 1 radical (unpaired) electrons. The van der Waals surface area contributed by atoms with Gasteiger partial charge in [0, 0.05) is 6.54 Å². The fourth-order valence-electron chi connectivity index (χ4n) is 1.48. The Kier molecular flexibility index (Phi) is 5.05. The molecule has 2 heteroatoms. The molecular weight excluding hydrogens is 186 g/mol. The highest BCUT2D eigenvalue weighted by Crippen LogP contribution is 2.04. The Bertz CT molecular complexity index is 282. The summed E-state index contributed by atoms with van der Waals surface area (Å²) in [5, 5.41) is 3.19. The summed E-state index contributed by atoms with van der Waals surface area (Å²) in [5.41, 5.74) is 1.20. The van der Waals surface area contributed by atoms with Crippen molar-refractivity contribution < 1.29 is 4.79 Å². The van der Waals surface area contributed by atoms with Crippen LogP contribution >= 0.6 is 0 Å². The van der Waals surface area contributed by atoms with Crippen LogP contribution < -0.4 is 5.32 Å². The molecule has 1 rings (SSSR count). The van der Waals surface area contributed by atoms with Crippen LogP contribution in [0.5, 0.6) is 0 Å². The zero-order valence-electron chi connectivity index (χ0n) is 9.36. The Hall–Kier alpha value is -1.15. The lowest BCUT2D eigenvalue weighted by atomic mass is 10.0. The zero-order valence-corrected chi connectivity index (χ0v) is 9.36. The summed E-state index contributed by atoms with van der Waals surface area (Å²) < 4.78 is 0. The maximum atomic E-state index is 10.7. The van der Waals surface area contributed by atoms with Gasteiger partial charge in [0.1, 0.15) is 0 Å². The van der Waals surface area contributed by atoms with Crippen molar-refractivity contribution in [2.24, 2.45) is 5.92 Å². The van der Waals surface area contributed by atoms with Gasteiger partial charge in [-0.25, -0.2) is 0 Å². The average molecular weight is 204 g/mol. The SMILES string of the molecule is CC(C)CC([C]=O)NCc1ccccc1. The number of rotatable bonds is 6. The summed E-state index contributed by atoms with van der Waals surface area (Å²) in [6.07, 6.45) is 2.89. The first-order valence-corrected chi connectivity index (χ1v) is 5.37. The van der Waals surface area contributed by atoms with Gasteiger partial charge in [0.2, 0.25) is 6.29 Å². The van der Waals surface area contributed by atoms with E-state index in [0.717, 1.165) is 13.0 Å². The monoisotopic (exact) mass is 204 g/mol. The molecule has 0 aliphatic carbocycles. The second-order valence-corrected chi connectivity index (χ2v) is 4.17. The second kappa shape index (κ2) is 6.36. The lowest BCUT2D eigenvalue weighted by molar-refractivity contribution is 0.456. The smallest absolute Gasteiger partial charge is 0.216 e. The molecule has 81 valence electrons. The van der Waals surface area contributed by atoms with Gasteiger partial charge in [0.05, 0.1) is 6.04 Å². The van der Waals surface area contributed by atoms with E-state index in [-0.39, 0.29) is 6.04 Å². The molecular formula is C13H18NO. The molecule has 1 aromatic carbocycles. The number of hydrogen-bond donors (Lipinski definition) is 1. The zero-order chi connectivity index (χ0) is 11.1. The van der Waals surface area contributed by atoms with Crippen LogP contribution in [-0.2, 0) is 11.3 Å². The van der Waals surface area contributed by atoms with Crippen LogP contribution in [-0.4, -0.2) is 12.3 Å². The van der Waals surface area contributed by atoms with Crippen LogP contribution in [0.3, 0.4) is 0 Å². The van der Waals surface area contributed by atoms with Crippen molar-refractivity contribution in [2.75, 3.05) is 0 Å². The molecule has 0 fully saturated rings. The Morgan fingerprint density at radius 3 is 2.47 bits per heavy atom. The predicted molar refractivity (Wildman–Crippen MR) is 62.2 cm³/mol. The Morgan fingerprint density at radius 1 is 1.27 bits per heavy atom. The van der Waals surface area contributed by atoms with Crippen LogP contribution in [0.15, 0.2) is 30.3 Å². The lowest BCUT2D eigenvalue weighted by Crippen LogP contribution is -2.31. The largest absolute Gasteiger partial charge is 0.303 e. The molecule has 1 unspecified atom stereocenters. The first-order valence-electron chi connectivity index (χ1n) is 5.37. The van der Waals surface area contributed by atoms with Crippen LogP contribution in [0.25, 0.3) is 0 Å². The van der Waals surface area contributed by atoms with Crippen molar-refractivity contribution >= 4 is 6.29 Å². The van der Waals surface area contributed by atoms with E-state index in [0.29, 0.717) is 5.92 Å².